The number of hydrogen-bond acceptors (Lipinski definition) is 2. The molecule has 0 aromatic heterocycles. The number of aryl methyl sites for hydroxylation is 2. The van der Waals surface area contributed by atoms with E-state index in [0.717, 1.165) is 31.9 Å². The van der Waals surface area contributed by atoms with Gasteiger partial charge in [0.25, 0.3) is 0 Å². The quantitative estimate of drug-likeness (QED) is 0.816. The van der Waals surface area contributed by atoms with Crippen LogP contribution in [0.25, 0.3) is 0 Å². The van der Waals surface area contributed by atoms with Crippen LogP contribution in [-0.4, -0.2) is 14.2 Å². The second-order valence-corrected chi connectivity index (χ2v) is 6.36. The van der Waals surface area contributed by atoms with Crippen LogP contribution in [0.4, 0.5) is 0 Å². The van der Waals surface area contributed by atoms with Crippen molar-refractivity contribution >= 4 is 27.5 Å². The van der Waals surface area contributed by atoms with E-state index in [2.05, 4.69) is 53.3 Å². The van der Waals surface area contributed by atoms with Crippen molar-refractivity contribution in [2.45, 2.75) is 19.9 Å². The average Bonchev–Trinajstić information content (AvgIpc) is 2.45. The fraction of sp³-hybridized carbons (Fsp3) is 0.294. The molecule has 2 aromatic rings. The van der Waals surface area contributed by atoms with E-state index < -0.39 is 0 Å². The first-order valence-electron chi connectivity index (χ1n) is 6.75. The molecule has 0 aliphatic rings. The molecular weight excluding hydrogens is 350 g/mol. The average molecular weight is 369 g/mol. The SMILES string of the molecule is CNC(c1ccc(Cl)cc1C)c1cc(Br)c(C)cc1OC. The Labute approximate surface area is 139 Å². The number of benzene rings is 2. The Bertz CT molecular complexity index is 657. The maximum atomic E-state index is 6.06. The summed E-state index contributed by atoms with van der Waals surface area (Å²) >= 11 is 9.67. The van der Waals surface area contributed by atoms with E-state index in [9.17, 15) is 0 Å². The molecule has 2 rings (SSSR count). The first kappa shape index (κ1) is 16.3. The van der Waals surface area contributed by atoms with E-state index in [-0.39, 0.29) is 6.04 Å². The molecular formula is C17H19BrClNO. The van der Waals surface area contributed by atoms with Gasteiger partial charge in [-0.05, 0) is 61.9 Å². The number of nitrogens with one attached hydrogen (secondary N) is 1. The summed E-state index contributed by atoms with van der Waals surface area (Å²) in [6.07, 6.45) is 0. The summed E-state index contributed by atoms with van der Waals surface area (Å²) in [6.45, 7) is 4.12. The zero-order chi connectivity index (χ0) is 15.6. The van der Waals surface area contributed by atoms with Gasteiger partial charge in [0.15, 0.2) is 0 Å². The molecule has 0 saturated carbocycles. The number of hydrogen-bond donors (Lipinski definition) is 1. The molecule has 1 unspecified atom stereocenters. The standard InChI is InChI=1S/C17H19BrClNO/c1-10-7-12(19)5-6-13(10)17(20-3)14-9-15(18)11(2)8-16(14)21-4/h5-9,17,20H,1-4H3. The summed E-state index contributed by atoms with van der Waals surface area (Å²) in [7, 11) is 3.65. The Morgan fingerprint density at radius 2 is 1.81 bits per heavy atom. The maximum absolute atomic E-state index is 6.06. The minimum atomic E-state index is 0.0501. The van der Waals surface area contributed by atoms with Gasteiger partial charge in [-0.3, -0.25) is 0 Å². The number of halogens is 2. The molecule has 0 bridgehead atoms. The Morgan fingerprint density at radius 1 is 1.10 bits per heavy atom. The van der Waals surface area contributed by atoms with Gasteiger partial charge in [0.1, 0.15) is 5.75 Å². The van der Waals surface area contributed by atoms with Crippen LogP contribution in [0, 0.1) is 13.8 Å². The van der Waals surface area contributed by atoms with Crippen molar-refractivity contribution in [3.8, 4) is 5.75 Å². The van der Waals surface area contributed by atoms with Gasteiger partial charge < -0.3 is 10.1 Å². The molecule has 4 heteroatoms. The molecule has 1 atom stereocenters. The molecule has 0 saturated heterocycles. The molecule has 2 aromatic carbocycles. The zero-order valence-electron chi connectivity index (χ0n) is 12.6. The van der Waals surface area contributed by atoms with Gasteiger partial charge in [0.2, 0.25) is 0 Å². The third-order valence-electron chi connectivity index (χ3n) is 3.65. The Hall–Kier alpha value is -1.03. The van der Waals surface area contributed by atoms with E-state index in [1.165, 1.54) is 5.56 Å². The van der Waals surface area contributed by atoms with Gasteiger partial charge >= 0.3 is 0 Å². The van der Waals surface area contributed by atoms with Crippen LogP contribution in [0.3, 0.4) is 0 Å². The lowest BCUT2D eigenvalue weighted by Gasteiger charge is -2.22. The highest BCUT2D eigenvalue weighted by Gasteiger charge is 2.19. The molecule has 112 valence electrons. The van der Waals surface area contributed by atoms with Crippen molar-refractivity contribution in [1.82, 2.24) is 5.32 Å². The van der Waals surface area contributed by atoms with E-state index in [4.69, 9.17) is 16.3 Å². The highest BCUT2D eigenvalue weighted by atomic mass is 79.9. The fourth-order valence-corrected chi connectivity index (χ4v) is 3.10. The molecule has 0 fully saturated rings. The summed E-state index contributed by atoms with van der Waals surface area (Å²) in [5.74, 6) is 0.879. The Balaban J connectivity index is 2.58. The zero-order valence-corrected chi connectivity index (χ0v) is 15.0. The van der Waals surface area contributed by atoms with Gasteiger partial charge in [-0.25, -0.2) is 0 Å². The van der Waals surface area contributed by atoms with Crippen molar-refractivity contribution in [2.75, 3.05) is 14.2 Å². The first-order valence-corrected chi connectivity index (χ1v) is 7.92. The van der Waals surface area contributed by atoms with Crippen LogP contribution >= 0.6 is 27.5 Å². The molecule has 0 radical (unpaired) electrons. The number of ether oxygens (including phenoxy) is 1. The molecule has 2 nitrogen and oxygen atoms in total. The number of methoxy groups -OCH3 is 1. The van der Waals surface area contributed by atoms with Crippen molar-refractivity contribution < 1.29 is 4.74 Å². The summed E-state index contributed by atoms with van der Waals surface area (Å²) in [6, 6.07) is 10.2. The van der Waals surface area contributed by atoms with Gasteiger partial charge in [-0.1, -0.05) is 33.6 Å². The molecule has 0 aliphatic carbocycles. The largest absolute Gasteiger partial charge is 0.496 e. The third kappa shape index (κ3) is 3.42. The molecule has 0 spiro atoms. The summed E-state index contributed by atoms with van der Waals surface area (Å²) in [5, 5.41) is 4.13. The lowest BCUT2D eigenvalue weighted by atomic mass is 9.94. The molecule has 0 aliphatic heterocycles. The predicted octanol–water partition coefficient (Wildman–Crippen LogP) is 5.04. The van der Waals surface area contributed by atoms with Crippen LogP contribution in [-0.2, 0) is 0 Å². The van der Waals surface area contributed by atoms with E-state index in [1.54, 1.807) is 7.11 Å². The smallest absolute Gasteiger partial charge is 0.124 e. The Morgan fingerprint density at radius 3 is 2.38 bits per heavy atom. The van der Waals surface area contributed by atoms with Crippen LogP contribution in [0.2, 0.25) is 5.02 Å². The van der Waals surface area contributed by atoms with Gasteiger partial charge in [0.05, 0.1) is 13.2 Å². The summed E-state index contributed by atoms with van der Waals surface area (Å²) in [5.41, 5.74) is 4.60. The van der Waals surface area contributed by atoms with Crippen molar-refractivity contribution in [3.05, 3.63) is 62.1 Å². The first-order chi connectivity index (χ1) is 9.97. The molecule has 21 heavy (non-hydrogen) atoms. The highest BCUT2D eigenvalue weighted by molar-refractivity contribution is 9.10. The van der Waals surface area contributed by atoms with E-state index in [1.807, 2.05) is 19.2 Å². The second-order valence-electron chi connectivity index (χ2n) is 5.07. The van der Waals surface area contributed by atoms with Gasteiger partial charge in [0, 0.05) is 15.1 Å². The fourth-order valence-electron chi connectivity index (χ4n) is 2.51. The number of rotatable bonds is 4. The minimum Gasteiger partial charge on any atom is -0.496 e. The predicted molar refractivity (Wildman–Crippen MR) is 92.5 cm³/mol. The highest BCUT2D eigenvalue weighted by Crippen LogP contribution is 2.35. The van der Waals surface area contributed by atoms with Gasteiger partial charge in [-0.2, -0.15) is 0 Å². The second kappa shape index (κ2) is 6.82. The monoisotopic (exact) mass is 367 g/mol. The molecule has 0 amide bonds. The summed E-state index contributed by atoms with van der Waals surface area (Å²) < 4.78 is 6.64. The van der Waals surface area contributed by atoms with Crippen LogP contribution in [0.1, 0.15) is 28.3 Å². The van der Waals surface area contributed by atoms with Crippen molar-refractivity contribution in [2.24, 2.45) is 0 Å². The molecule has 1 N–H and O–H groups in total. The lowest BCUT2D eigenvalue weighted by Crippen LogP contribution is -2.19. The lowest BCUT2D eigenvalue weighted by molar-refractivity contribution is 0.405. The third-order valence-corrected chi connectivity index (χ3v) is 4.74. The van der Waals surface area contributed by atoms with Gasteiger partial charge in [-0.15, -0.1) is 0 Å². The topological polar surface area (TPSA) is 21.3 Å². The Kier molecular flexibility index (Phi) is 5.31. The minimum absolute atomic E-state index is 0.0501. The van der Waals surface area contributed by atoms with E-state index in [0.29, 0.717) is 0 Å². The summed E-state index contributed by atoms with van der Waals surface area (Å²) in [4.78, 5) is 0. The van der Waals surface area contributed by atoms with Crippen molar-refractivity contribution in [1.29, 1.82) is 0 Å². The van der Waals surface area contributed by atoms with E-state index >= 15 is 0 Å². The maximum Gasteiger partial charge on any atom is 0.124 e. The van der Waals surface area contributed by atoms with Crippen LogP contribution in [0.5, 0.6) is 5.75 Å². The van der Waals surface area contributed by atoms with Crippen LogP contribution in [0.15, 0.2) is 34.8 Å². The van der Waals surface area contributed by atoms with Crippen molar-refractivity contribution in [3.63, 3.8) is 0 Å². The molecule has 0 heterocycles. The normalized spacial score (nSPS) is 12.3. The van der Waals surface area contributed by atoms with Crippen LogP contribution < -0.4 is 10.1 Å².